The second-order valence-corrected chi connectivity index (χ2v) is 4.76. The molecule has 0 aromatic heterocycles. The highest BCUT2D eigenvalue weighted by Crippen LogP contribution is 2.19. The van der Waals surface area contributed by atoms with Crippen LogP contribution in [0.25, 0.3) is 0 Å². The normalized spacial score (nSPS) is 13.2. The highest BCUT2D eigenvalue weighted by Gasteiger charge is 2.29. The van der Waals surface area contributed by atoms with Gasteiger partial charge in [-0.2, -0.15) is 0 Å². The number of nitrogens with one attached hydrogen (secondary N) is 1. The maximum atomic E-state index is 12.5. The smallest absolute Gasteiger partial charge is 0.217 e. The Morgan fingerprint density at radius 2 is 1.48 bits per heavy atom. The zero-order chi connectivity index (χ0) is 15.2. The molecule has 0 saturated heterocycles. The summed E-state index contributed by atoms with van der Waals surface area (Å²) in [6, 6.07) is 16.4. The van der Waals surface area contributed by atoms with Gasteiger partial charge in [0.05, 0.1) is 0 Å². The van der Waals surface area contributed by atoms with Crippen molar-refractivity contribution in [3.63, 3.8) is 0 Å². The van der Waals surface area contributed by atoms with Crippen molar-refractivity contribution in [1.29, 1.82) is 0 Å². The largest absolute Gasteiger partial charge is 0.386 e. The fraction of sp³-hybridized carbons (Fsp3) is 0.176. The lowest BCUT2D eigenvalue weighted by atomic mass is 9.95. The van der Waals surface area contributed by atoms with E-state index in [1.54, 1.807) is 54.6 Å². The van der Waals surface area contributed by atoms with E-state index >= 15 is 0 Å². The fourth-order valence-electron chi connectivity index (χ4n) is 2.13. The van der Waals surface area contributed by atoms with Crippen LogP contribution in [0.15, 0.2) is 60.7 Å². The number of carbonyl (C=O) groups excluding carboxylic acids is 2. The van der Waals surface area contributed by atoms with Crippen LogP contribution in [0.5, 0.6) is 0 Å². The van der Waals surface area contributed by atoms with Crippen LogP contribution in [0.1, 0.15) is 28.9 Å². The van der Waals surface area contributed by atoms with Crippen LogP contribution in [-0.2, 0) is 4.79 Å². The molecular formula is C17H17NO3. The van der Waals surface area contributed by atoms with Gasteiger partial charge in [0.2, 0.25) is 5.91 Å². The zero-order valence-corrected chi connectivity index (χ0v) is 11.7. The molecule has 2 atom stereocenters. The average molecular weight is 283 g/mol. The number of Topliss-reactive ketones (excluding diaryl/α,β-unsaturated/α-hetero) is 1. The predicted octanol–water partition coefficient (Wildman–Crippen LogP) is 2.11. The summed E-state index contributed by atoms with van der Waals surface area (Å²) in [5.41, 5.74) is 1.03. The molecule has 4 heteroatoms. The van der Waals surface area contributed by atoms with E-state index in [0.29, 0.717) is 11.1 Å². The Morgan fingerprint density at radius 1 is 0.952 bits per heavy atom. The Kier molecular flexibility index (Phi) is 4.85. The van der Waals surface area contributed by atoms with Gasteiger partial charge in [-0.1, -0.05) is 60.7 Å². The van der Waals surface area contributed by atoms with E-state index in [1.807, 2.05) is 6.07 Å². The van der Waals surface area contributed by atoms with Gasteiger partial charge in [-0.25, -0.2) is 0 Å². The van der Waals surface area contributed by atoms with Crippen molar-refractivity contribution in [1.82, 2.24) is 5.32 Å². The maximum Gasteiger partial charge on any atom is 0.217 e. The molecule has 0 radical (unpaired) electrons. The third-order valence-corrected chi connectivity index (χ3v) is 3.16. The molecule has 2 rings (SSSR count). The van der Waals surface area contributed by atoms with Crippen molar-refractivity contribution < 1.29 is 14.7 Å². The number of benzene rings is 2. The molecule has 4 nitrogen and oxygen atoms in total. The van der Waals surface area contributed by atoms with Crippen LogP contribution in [0.2, 0.25) is 0 Å². The Bertz CT molecular complexity index is 610. The second-order valence-electron chi connectivity index (χ2n) is 4.76. The Labute approximate surface area is 123 Å². The van der Waals surface area contributed by atoms with Crippen LogP contribution >= 0.6 is 0 Å². The van der Waals surface area contributed by atoms with Gasteiger partial charge in [0.25, 0.3) is 0 Å². The van der Waals surface area contributed by atoms with Crippen LogP contribution in [-0.4, -0.2) is 22.8 Å². The summed E-state index contributed by atoms with van der Waals surface area (Å²) in [5, 5.41) is 13.0. The third-order valence-electron chi connectivity index (χ3n) is 3.16. The summed E-state index contributed by atoms with van der Waals surface area (Å²) in [4.78, 5) is 23.9. The van der Waals surface area contributed by atoms with E-state index in [4.69, 9.17) is 0 Å². The number of ketones is 1. The summed E-state index contributed by atoms with van der Waals surface area (Å²) in [5.74, 6) is -0.679. The van der Waals surface area contributed by atoms with Gasteiger partial charge in [0.15, 0.2) is 5.78 Å². The second kappa shape index (κ2) is 6.81. The number of aliphatic hydroxyl groups is 1. The summed E-state index contributed by atoms with van der Waals surface area (Å²) in [6.45, 7) is 1.32. The van der Waals surface area contributed by atoms with Crippen molar-refractivity contribution in [3.05, 3.63) is 71.8 Å². The molecule has 1 amide bonds. The lowest BCUT2D eigenvalue weighted by Gasteiger charge is -2.23. The lowest BCUT2D eigenvalue weighted by molar-refractivity contribution is -0.120. The molecule has 0 spiro atoms. The molecule has 21 heavy (non-hydrogen) atoms. The maximum absolute atomic E-state index is 12.5. The lowest BCUT2D eigenvalue weighted by Crippen LogP contribution is -2.44. The first-order valence-electron chi connectivity index (χ1n) is 6.69. The van der Waals surface area contributed by atoms with Gasteiger partial charge in [0.1, 0.15) is 12.1 Å². The Morgan fingerprint density at radius 3 is 2.00 bits per heavy atom. The number of rotatable bonds is 5. The van der Waals surface area contributed by atoms with E-state index in [0.717, 1.165) is 0 Å². The van der Waals surface area contributed by atoms with Crippen LogP contribution in [0.3, 0.4) is 0 Å². The highest BCUT2D eigenvalue weighted by atomic mass is 16.3. The minimum Gasteiger partial charge on any atom is -0.386 e. The quantitative estimate of drug-likeness (QED) is 0.826. The SMILES string of the molecule is CC(=O)N[C@H](C(=O)c1ccccc1)[C@H](O)c1ccccc1. The van der Waals surface area contributed by atoms with E-state index in [2.05, 4.69) is 5.32 Å². The minimum absolute atomic E-state index is 0.317. The number of aliphatic hydroxyl groups excluding tert-OH is 1. The molecule has 0 aliphatic rings. The number of hydrogen-bond donors (Lipinski definition) is 2. The summed E-state index contributed by atoms with van der Waals surface area (Å²) in [7, 11) is 0. The predicted molar refractivity (Wildman–Crippen MR) is 79.8 cm³/mol. The number of carbonyl (C=O) groups is 2. The molecule has 0 aliphatic carbocycles. The fourth-order valence-corrected chi connectivity index (χ4v) is 2.13. The van der Waals surface area contributed by atoms with E-state index in [9.17, 15) is 14.7 Å². The van der Waals surface area contributed by atoms with Crippen molar-refractivity contribution in [2.24, 2.45) is 0 Å². The van der Waals surface area contributed by atoms with Gasteiger partial charge in [-0.3, -0.25) is 9.59 Å². The topological polar surface area (TPSA) is 66.4 Å². The standard InChI is InChI=1S/C17H17NO3/c1-12(19)18-15(16(20)13-8-4-2-5-9-13)17(21)14-10-6-3-7-11-14/h2-11,15-16,20H,1H3,(H,18,19)/t15-,16+/m0/s1. The van der Waals surface area contributed by atoms with Gasteiger partial charge < -0.3 is 10.4 Å². The van der Waals surface area contributed by atoms with E-state index < -0.39 is 12.1 Å². The molecule has 0 unspecified atom stereocenters. The van der Waals surface area contributed by atoms with Gasteiger partial charge in [-0.15, -0.1) is 0 Å². The van der Waals surface area contributed by atoms with E-state index in [-0.39, 0.29) is 11.7 Å². The molecule has 108 valence electrons. The first-order chi connectivity index (χ1) is 10.1. The molecule has 0 saturated carbocycles. The van der Waals surface area contributed by atoms with Gasteiger partial charge in [0, 0.05) is 12.5 Å². The summed E-state index contributed by atoms with van der Waals surface area (Å²) >= 11 is 0. The minimum atomic E-state index is -1.09. The molecule has 2 aromatic carbocycles. The van der Waals surface area contributed by atoms with Crippen LogP contribution < -0.4 is 5.32 Å². The molecule has 0 bridgehead atoms. The Balaban J connectivity index is 2.30. The van der Waals surface area contributed by atoms with Gasteiger partial charge in [-0.05, 0) is 5.56 Å². The molecule has 0 fully saturated rings. The number of amides is 1. The van der Waals surface area contributed by atoms with E-state index in [1.165, 1.54) is 6.92 Å². The highest BCUT2D eigenvalue weighted by molar-refractivity contribution is 6.02. The van der Waals surface area contributed by atoms with Crippen molar-refractivity contribution in [2.45, 2.75) is 19.1 Å². The van der Waals surface area contributed by atoms with Crippen molar-refractivity contribution in [2.75, 3.05) is 0 Å². The monoisotopic (exact) mass is 283 g/mol. The molecule has 0 heterocycles. The summed E-state index contributed by atoms with van der Waals surface area (Å²) in [6.07, 6.45) is -1.09. The Hall–Kier alpha value is -2.46. The average Bonchev–Trinajstić information content (AvgIpc) is 2.53. The first kappa shape index (κ1) is 14.9. The van der Waals surface area contributed by atoms with Crippen LogP contribution in [0, 0.1) is 0 Å². The molecular weight excluding hydrogens is 266 g/mol. The zero-order valence-electron chi connectivity index (χ0n) is 11.7. The van der Waals surface area contributed by atoms with Crippen molar-refractivity contribution >= 4 is 11.7 Å². The molecule has 2 N–H and O–H groups in total. The van der Waals surface area contributed by atoms with Crippen LogP contribution in [0.4, 0.5) is 0 Å². The van der Waals surface area contributed by atoms with Crippen molar-refractivity contribution in [3.8, 4) is 0 Å². The molecule has 0 aliphatic heterocycles. The summed E-state index contributed by atoms with van der Waals surface area (Å²) < 4.78 is 0. The van der Waals surface area contributed by atoms with Gasteiger partial charge >= 0.3 is 0 Å². The number of hydrogen-bond acceptors (Lipinski definition) is 3. The first-order valence-corrected chi connectivity index (χ1v) is 6.69. The molecule has 2 aromatic rings. The third kappa shape index (κ3) is 3.77.